The van der Waals surface area contributed by atoms with Gasteiger partial charge in [-0.25, -0.2) is 0 Å². The number of carbonyl (C=O) groups is 1. The summed E-state index contributed by atoms with van der Waals surface area (Å²) in [5.74, 6) is 1.18. The van der Waals surface area contributed by atoms with Crippen LogP contribution in [-0.4, -0.2) is 50.1 Å². The average Bonchev–Trinajstić information content (AvgIpc) is 2.96. The molecule has 3 aliphatic rings. The van der Waals surface area contributed by atoms with E-state index in [0.29, 0.717) is 12.0 Å². The number of aryl methyl sites for hydroxylation is 1. The molecule has 3 aliphatic heterocycles. The summed E-state index contributed by atoms with van der Waals surface area (Å²) in [4.78, 5) is 15.0. The molecule has 136 valence electrons. The van der Waals surface area contributed by atoms with Crippen LogP contribution >= 0.6 is 0 Å². The van der Waals surface area contributed by atoms with Gasteiger partial charge < -0.3 is 15.4 Å². The van der Waals surface area contributed by atoms with Crippen molar-refractivity contribution in [2.75, 3.05) is 33.3 Å². The van der Waals surface area contributed by atoms with E-state index in [1.54, 1.807) is 0 Å². The first-order chi connectivity index (χ1) is 12.2. The standard InChI is InChI=1S/C20H29N3O2/c1-23-14-20(6-8-21-9-7-20)12-17(23)19(24)22-13-15-4-5-18-16(11-15)3-2-10-25-18/h4-5,11,17,21H,2-3,6-10,12-14H2,1H3,(H,22,24)/t17-/m0/s1. The predicted molar refractivity (Wildman–Crippen MR) is 97.7 cm³/mol. The van der Waals surface area contributed by atoms with E-state index in [4.69, 9.17) is 4.74 Å². The van der Waals surface area contributed by atoms with Gasteiger partial charge in [-0.1, -0.05) is 12.1 Å². The van der Waals surface area contributed by atoms with E-state index < -0.39 is 0 Å². The molecule has 25 heavy (non-hydrogen) atoms. The molecule has 0 bridgehead atoms. The number of ether oxygens (including phenoxy) is 1. The Morgan fingerprint density at radius 2 is 2.24 bits per heavy atom. The molecule has 1 aromatic rings. The van der Waals surface area contributed by atoms with E-state index >= 15 is 0 Å². The van der Waals surface area contributed by atoms with E-state index in [0.717, 1.165) is 56.8 Å². The number of carbonyl (C=O) groups excluding carboxylic acids is 1. The highest BCUT2D eigenvalue weighted by Gasteiger charge is 2.45. The number of hydrogen-bond donors (Lipinski definition) is 2. The fraction of sp³-hybridized carbons (Fsp3) is 0.650. The second-order valence-electron chi connectivity index (χ2n) is 8.00. The molecule has 0 unspecified atom stereocenters. The maximum atomic E-state index is 12.8. The Morgan fingerprint density at radius 1 is 1.40 bits per heavy atom. The van der Waals surface area contributed by atoms with Crippen molar-refractivity contribution in [3.63, 3.8) is 0 Å². The molecule has 0 saturated carbocycles. The van der Waals surface area contributed by atoms with Crippen LogP contribution in [0.4, 0.5) is 0 Å². The Labute approximate surface area is 150 Å². The monoisotopic (exact) mass is 343 g/mol. The van der Waals surface area contributed by atoms with Crippen molar-refractivity contribution in [2.45, 2.75) is 44.7 Å². The Hall–Kier alpha value is -1.59. The number of fused-ring (bicyclic) bond motifs is 1. The lowest BCUT2D eigenvalue weighted by Gasteiger charge is -2.33. The summed E-state index contributed by atoms with van der Waals surface area (Å²) in [6, 6.07) is 6.30. The zero-order chi connectivity index (χ0) is 17.3. The lowest BCUT2D eigenvalue weighted by Crippen LogP contribution is -2.41. The Balaban J connectivity index is 1.36. The quantitative estimate of drug-likeness (QED) is 0.877. The Kier molecular flexibility index (Phi) is 4.69. The second kappa shape index (κ2) is 6.96. The van der Waals surface area contributed by atoms with E-state index in [2.05, 4.69) is 34.7 Å². The number of likely N-dealkylation sites (N-methyl/N-ethyl adjacent to an activating group) is 1. The third kappa shape index (κ3) is 3.53. The average molecular weight is 343 g/mol. The van der Waals surface area contributed by atoms with E-state index in [1.165, 1.54) is 18.4 Å². The van der Waals surface area contributed by atoms with E-state index in [9.17, 15) is 4.79 Å². The van der Waals surface area contributed by atoms with Gasteiger partial charge in [-0.3, -0.25) is 9.69 Å². The van der Waals surface area contributed by atoms with Gasteiger partial charge in [0.1, 0.15) is 5.75 Å². The van der Waals surface area contributed by atoms with Crippen molar-refractivity contribution in [1.82, 2.24) is 15.5 Å². The molecule has 1 atom stereocenters. The van der Waals surface area contributed by atoms with Gasteiger partial charge in [0, 0.05) is 13.1 Å². The Bertz CT molecular complexity index is 640. The minimum Gasteiger partial charge on any atom is -0.493 e. The molecule has 0 aromatic heterocycles. The van der Waals surface area contributed by atoms with Gasteiger partial charge in [-0.2, -0.15) is 0 Å². The van der Waals surface area contributed by atoms with Crippen LogP contribution in [0.15, 0.2) is 18.2 Å². The van der Waals surface area contributed by atoms with Crippen molar-refractivity contribution in [3.8, 4) is 5.75 Å². The predicted octanol–water partition coefficient (Wildman–Crippen LogP) is 1.70. The van der Waals surface area contributed by atoms with Gasteiger partial charge in [0.15, 0.2) is 0 Å². The minimum atomic E-state index is 0.0130. The van der Waals surface area contributed by atoms with Crippen LogP contribution in [0.2, 0.25) is 0 Å². The number of likely N-dealkylation sites (tertiary alicyclic amines) is 1. The molecule has 4 rings (SSSR count). The van der Waals surface area contributed by atoms with E-state index in [1.807, 2.05) is 6.07 Å². The van der Waals surface area contributed by atoms with Crippen LogP contribution in [0.5, 0.6) is 5.75 Å². The summed E-state index contributed by atoms with van der Waals surface area (Å²) in [6.45, 7) is 4.63. The van der Waals surface area contributed by atoms with Gasteiger partial charge in [-0.05, 0) is 74.8 Å². The molecule has 0 aliphatic carbocycles. The zero-order valence-corrected chi connectivity index (χ0v) is 15.1. The van der Waals surface area contributed by atoms with Crippen LogP contribution in [0.3, 0.4) is 0 Å². The van der Waals surface area contributed by atoms with E-state index in [-0.39, 0.29) is 11.9 Å². The third-order valence-electron chi connectivity index (χ3n) is 6.15. The topological polar surface area (TPSA) is 53.6 Å². The smallest absolute Gasteiger partial charge is 0.237 e. The summed E-state index contributed by atoms with van der Waals surface area (Å²) in [7, 11) is 2.09. The number of piperidine rings is 1. The SMILES string of the molecule is CN1CC2(CCNCC2)C[C@H]1C(=O)NCc1ccc2c(c1)CCCO2. The maximum absolute atomic E-state index is 12.8. The summed E-state index contributed by atoms with van der Waals surface area (Å²) >= 11 is 0. The van der Waals surface area contributed by atoms with Crippen molar-refractivity contribution < 1.29 is 9.53 Å². The third-order valence-corrected chi connectivity index (χ3v) is 6.15. The largest absolute Gasteiger partial charge is 0.493 e. The molecule has 2 N–H and O–H groups in total. The molecule has 3 heterocycles. The van der Waals surface area contributed by atoms with Crippen molar-refractivity contribution >= 4 is 5.91 Å². The highest BCUT2D eigenvalue weighted by molar-refractivity contribution is 5.82. The van der Waals surface area contributed by atoms with Crippen molar-refractivity contribution in [2.24, 2.45) is 5.41 Å². The summed E-state index contributed by atoms with van der Waals surface area (Å²) in [5, 5.41) is 6.60. The number of amides is 1. The van der Waals surface area contributed by atoms with Gasteiger partial charge in [0.25, 0.3) is 0 Å². The van der Waals surface area contributed by atoms with Gasteiger partial charge >= 0.3 is 0 Å². The molecule has 5 nitrogen and oxygen atoms in total. The number of rotatable bonds is 3. The maximum Gasteiger partial charge on any atom is 0.237 e. The molecular formula is C20H29N3O2. The number of nitrogens with zero attached hydrogens (tertiary/aromatic N) is 1. The summed E-state index contributed by atoms with van der Waals surface area (Å²) in [5.41, 5.74) is 2.77. The molecule has 1 spiro atoms. The van der Waals surface area contributed by atoms with Crippen LogP contribution in [0, 0.1) is 5.41 Å². The first-order valence-corrected chi connectivity index (χ1v) is 9.59. The normalized spacial score (nSPS) is 25.4. The molecule has 2 saturated heterocycles. The number of hydrogen-bond acceptors (Lipinski definition) is 4. The summed E-state index contributed by atoms with van der Waals surface area (Å²) < 4.78 is 5.66. The fourth-order valence-corrected chi connectivity index (χ4v) is 4.71. The molecule has 5 heteroatoms. The zero-order valence-electron chi connectivity index (χ0n) is 15.1. The second-order valence-corrected chi connectivity index (χ2v) is 8.00. The number of nitrogens with one attached hydrogen (secondary N) is 2. The fourth-order valence-electron chi connectivity index (χ4n) is 4.71. The van der Waals surface area contributed by atoms with Crippen LogP contribution in [-0.2, 0) is 17.8 Å². The van der Waals surface area contributed by atoms with Crippen LogP contribution in [0.25, 0.3) is 0 Å². The van der Waals surface area contributed by atoms with Gasteiger partial charge in [0.05, 0.1) is 12.6 Å². The van der Waals surface area contributed by atoms with Crippen LogP contribution in [0.1, 0.15) is 36.8 Å². The molecule has 1 amide bonds. The molecular weight excluding hydrogens is 314 g/mol. The van der Waals surface area contributed by atoms with Crippen molar-refractivity contribution in [3.05, 3.63) is 29.3 Å². The minimum absolute atomic E-state index is 0.0130. The lowest BCUT2D eigenvalue weighted by molar-refractivity contribution is -0.125. The van der Waals surface area contributed by atoms with Crippen LogP contribution < -0.4 is 15.4 Å². The Morgan fingerprint density at radius 3 is 3.08 bits per heavy atom. The first-order valence-electron chi connectivity index (χ1n) is 9.59. The molecule has 0 radical (unpaired) electrons. The van der Waals surface area contributed by atoms with Gasteiger partial charge in [-0.15, -0.1) is 0 Å². The lowest BCUT2D eigenvalue weighted by atomic mass is 9.77. The molecule has 1 aromatic carbocycles. The first kappa shape index (κ1) is 16.9. The summed E-state index contributed by atoms with van der Waals surface area (Å²) in [6.07, 6.45) is 5.51. The molecule has 2 fully saturated rings. The van der Waals surface area contributed by atoms with Crippen molar-refractivity contribution in [1.29, 1.82) is 0 Å². The highest BCUT2D eigenvalue weighted by Crippen LogP contribution is 2.41. The number of benzene rings is 1. The highest BCUT2D eigenvalue weighted by atomic mass is 16.5. The van der Waals surface area contributed by atoms with Gasteiger partial charge in [0.2, 0.25) is 5.91 Å².